The average Bonchev–Trinajstić information content (AvgIpc) is 2.67. The van der Waals surface area contributed by atoms with E-state index in [0.717, 1.165) is 35.2 Å². The van der Waals surface area contributed by atoms with Crippen LogP contribution in [0.2, 0.25) is 5.02 Å². The van der Waals surface area contributed by atoms with Gasteiger partial charge in [0.2, 0.25) is 0 Å². The molecule has 84 valence electrons. The summed E-state index contributed by atoms with van der Waals surface area (Å²) in [7, 11) is 0. The van der Waals surface area contributed by atoms with Gasteiger partial charge in [-0.1, -0.05) is 29.8 Å². The molecule has 4 heteroatoms. The molecule has 0 radical (unpaired) electrons. The first-order valence-corrected chi connectivity index (χ1v) is 5.58. The highest BCUT2D eigenvalue weighted by molar-refractivity contribution is 6.31. The Morgan fingerprint density at radius 1 is 1.31 bits per heavy atom. The van der Waals surface area contributed by atoms with Crippen LogP contribution in [-0.2, 0) is 13.1 Å². The molecule has 3 nitrogen and oxygen atoms in total. The molecule has 2 aromatic rings. The molecule has 16 heavy (non-hydrogen) atoms. The summed E-state index contributed by atoms with van der Waals surface area (Å²) in [6.07, 6.45) is 1.84. The topological polar surface area (TPSA) is 40.7 Å². The molecule has 2 rings (SSSR count). The van der Waals surface area contributed by atoms with Crippen LogP contribution in [0.1, 0.15) is 17.1 Å². The molecule has 0 bridgehead atoms. The second-order valence-electron chi connectivity index (χ2n) is 3.69. The largest absolute Gasteiger partial charge is 0.345 e. The Morgan fingerprint density at radius 3 is 2.81 bits per heavy atom. The molecule has 0 unspecified atom stereocenters. The highest BCUT2D eigenvalue weighted by Crippen LogP contribution is 2.14. The maximum atomic E-state index is 6.05. The molecule has 0 saturated heterocycles. The van der Waals surface area contributed by atoms with E-state index < -0.39 is 0 Å². The summed E-state index contributed by atoms with van der Waals surface area (Å²) in [4.78, 5) is 7.31. The van der Waals surface area contributed by atoms with E-state index in [4.69, 9.17) is 11.6 Å². The van der Waals surface area contributed by atoms with E-state index in [1.807, 2.05) is 37.4 Å². The number of imidazole rings is 1. The van der Waals surface area contributed by atoms with Crippen molar-refractivity contribution in [3.8, 4) is 0 Å². The summed E-state index contributed by atoms with van der Waals surface area (Å²) in [5.74, 6) is 0.939. The zero-order chi connectivity index (χ0) is 11.4. The lowest BCUT2D eigenvalue weighted by Gasteiger charge is -2.05. The van der Waals surface area contributed by atoms with E-state index in [-0.39, 0.29) is 0 Å². The zero-order valence-electron chi connectivity index (χ0n) is 9.13. The third-order valence-electron chi connectivity index (χ3n) is 2.34. The van der Waals surface area contributed by atoms with Crippen LogP contribution < -0.4 is 5.32 Å². The molecule has 0 aliphatic rings. The first kappa shape index (κ1) is 11.2. The van der Waals surface area contributed by atoms with E-state index in [9.17, 15) is 0 Å². The smallest absolute Gasteiger partial charge is 0.103 e. The second-order valence-corrected chi connectivity index (χ2v) is 4.10. The molecule has 1 aromatic heterocycles. The number of aromatic nitrogens is 2. The van der Waals surface area contributed by atoms with E-state index in [1.165, 1.54) is 0 Å². The number of halogens is 1. The van der Waals surface area contributed by atoms with E-state index in [0.29, 0.717) is 0 Å². The molecule has 0 saturated carbocycles. The number of nitrogens with one attached hydrogen (secondary N) is 2. The first-order chi connectivity index (χ1) is 7.75. The Labute approximate surface area is 99.9 Å². The van der Waals surface area contributed by atoms with Crippen molar-refractivity contribution in [3.05, 3.63) is 52.6 Å². The molecule has 0 atom stereocenters. The van der Waals surface area contributed by atoms with Gasteiger partial charge in [-0.3, -0.25) is 0 Å². The second kappa shape index (κ2) is 5.14. The van der Waals surface area contributed by atoms with Crippen LogP contribution in [0.4, 0.5) is 0 Å². The highest BCUT2D eigenvalue weighted by Gasteiger charge is 1.99. The van der Waals surface area contributed by atoms with Gasteiger partial charge in [-0.15, -0.1) is 0 Å². The summed E-state index contributed by atoms with van der Waals surface area (Å²) in [6.45, 7) is 3.47. The van der Waals surface area contributed by atoms with Gasteiger partial charge >= 0.3 is 0 Å². The molecule has 0 fully saturated rings. The number of hydrogen-bond acceptors (Lipinski definition) is 2. The summed E-state index contributed by atoms with van der Waals surface area (Å²) in [5, 5.41) is 4.12. The van der Waals surface area contributed by atoms with Crippen LogP contribution >= 0.6 is 11.6 Å². The van der Waals surface area contributed by atoms with Crippen LogP contribution in [0.5, 0.6) is 0 Å². The van der Waals surface area contributed by atoms with Gasteiger partial charge in [-0.25, -0.2) is 4.98 Å². The van der Waals surface area contributed by atoms with Crippen molar-refractivity contribution in [1.82, 2.24) is 15.3 Å². The van der Waals surface area contributed by atoms with E-state index in [2.05, 4.69) is 15.3 Å². The number of rotatable bonds is 4. The minimum absolute atomic E-state index is 0.762. The minimum Gasteiger partial charge on any atom is -0.345 e. The molecule has 0 amide bonds. The summed E-state index contributed by atoms with van der Waals surface area (Å²) >= 11 is 6.05. The maximum absolute atomic E-state index is 6.05. The lowest BCUT2D eigenvalue weighted by molar-refractivity contribution is 0.682. The first-order valence-electron chi connectivity index (χ1n) is 5.20. The van der Waals surface area contributed by atoms with Crippen LogP contribution in [-0.4, -0.2) is 9.97 Å². The van der Waals surface area contributed by atoms with Crippen molar-refractivity contribution < 1.29 is 0 Å². The molecule has 0 aliphatic carbocycles. The number of hydrogen-bond donors (Lipinski definition) is 2. The van der Waals surface area contributed by atoms with Gasteiger partial charge in [0, 0.05) is 30.0 Å². The summed E-state index contributed by atoms with van der Waals surface area (Å²) in [5.41, 5.74) is 2.20. The number of H-pyrrole nitrogens is 1. The van der Waals surface area contributed by atoms with Gasteiger partial charge in [-0.2, -0.15) is 0 Å². The van der Waals surface area contributed by atoms with Crippen LogP contribution in [0, 0.1) is 6.92 Å². The van der Waals surface area contributed by atoms with Crippen LogP contribution in [0.25, 0.3) is 0 Å². The van der Waals surface area contributed by atoms with Gasteiger partial charge in [0.25, 0.3) is 0 Å². The van der Waals surface area contributed by atoms with Gasteiger partial charge in [0.05, 0.1) is 0 Å². The fraction of sp³-hybridized carbons (Fsp3) is 0.250. The molecule has 0 spiro atoms. The van der Waals surface area contributed by atoms with Crippen molar-refractivity contribution in [2.45, 2.75) is 20.0 Å². The zero-order valence-corrected chi connectivity index (χ0v) is 9.88. The van der Waals surface area contributed by atoms with Crippen molar-refractivity contribution in [3.63, 3.8) is 0 Å². The standard InChI is InChI=1S/C12H14ClN3/c1-9-15-8-11(16-9)7-14-6-10-4-2-3-5-12(10)13/h2-5,8,14H,6-7H2,1H3,(H,15,16). The van der Waals surface area contributed by atoms with Gasteiger partial charge in [0.1, 0.15) is 5.82 Å². The lowest BCUT2D eigenvalue weighted by atomic mass is 10.2. The summed E-state index contributed by atoms with van der Waals surface area (Å²) < 4.78 is 0. The van der Waals surface area contributed by atoms with Crippen molar-refractivity contribution >= 4 is 11.6 Å². The predicted octanol–water partition coefficient (Wildman–Crippen LogP) is 2.66. The Kier molecular flexibility index (Phi) is 3.59. The van der Waals surface area contributed by atoms with Crippen molar-refractivity contribution in [1.29, 1.82) is 0 Å². The number of benzene rings is 1. The quantitative estimate of drug-likeness (QED) is 0.856. The lowest BCUT2D eigenvalue weighted by Crippen LogP contribution is -2.13. The van der Waals surface area contributed by atoms with Gasteiger partial charge in [-0.05, 0) is 18.6 Å². The van der Waals surface area contributed by atoms with Crippen molar-refractivity contribution in [2.24, 2.45) is 0 Å². The molecule has 0 aliphatic heterocycles. The van der Waals surface area contributed by atoms with E-state index in [1.54, 1.807) is 0 Å². The Balaban J connectivity index is 1.87. The van der Waals surface area contributed by atoms with Crippen LogP contribution in [0.3, 0.4) is 0 Å². The van der Waals surface area contributed by atoms with E-state index >= 15 is 0 Å². The third kappa shape index (κ3) is 2.84. The number of nitrogens with zero attached hydrogens (tertiary/aromatic N) is 1. The minimum atomic E-state index is 0.762. The highest BCUT2D eigenvalue weighted by atomic mass is 35.5. The SMILES string of the molecule is Cc1ncc(CNCc2ccccc2Cl)[nH]1. The monoisotopic (exact) mass is 235 g/mol. The van der Waals surface area contributed by atoms with Gasteiger partial charge in [0.15, 0.2) is 0 Å². The Morgan fingerprint density at radius 2 is 2.12 bits per heavy atom. The van der Waals surface area contributed by atoms with Crippen molar-refractivity contribution in [2.75, 3.05) is 0 Å². The fourth-order valence-corrected chi connectivity index (χ4v) is 1.74. The third-order valence-corrected chi connectivity index (χ3v) is 2.71. The maximum Gasteiger partial charge on any atom is 0.103 e. The average molecular weight is 236 g/mol. The number of aromatic amines is 1. The molecule has 1 heterocycles. The van der Waals surface area contributed by atoms with Gasteiger partial charge < -0.3 is 10.3 Å². The Bertz CT molecular complexity index is 465. The molecular weight excluding hydrogens is 222 g/mol. The van der Waals surface area contributed by atoms with Crippen LogP contribution in [0.15, 0.2) is 30.5 Å². The molecule has 2 N–H and O–H groups in total. The molecule has 1 aromatic carbocycles. The fourth-order valence-electron chi connectivity index (χ4n) is 1.54. The predicted molar refractivity (Wildman–Crippen MR) is 65.3 cm³/mol. The normalized spacial score (nSPS) is 10.6. The Hall–Kier alpha value is -1.32. The summed E-state index contributed by atoms with van der Waals surface area (Å²) in [6, 6.07) is 7.85. The molecular formula is C12H14ClN3. The number of aryl methyl sites for hydroxylation is 1.